The van der Waals surface area contributed by atoms with E-state index >= 15 is 0 Å². The fraction of sp³-hybridized carbons (Fsp3) is 0.438. The smallest absolute Gasteiger partial charge is 0.335 e. The number of hydrogen-bond donors (Lipinski definition) is 2. The molecule has 1 aromatic rings. The van der Waals surface area contributed by atoms with Gasteiger partial charge in [0.1, 0.15) is 6.10 Å². The highest BCUT2D eigenvalue weighted by atomic mass is 16.6. The van der Waals surface area contributed by atoms with E-state index in [4.69, 9.17) is 9.84 Å². The molecular formula is C16H15NO5. The lowest BCUT2D eigenvalue weighted by molar-refractivity contribution is -0.145. The van der Waals surface area contributed by atoms with Gasteiger partial charge in [-0.3, -0.25) is 9.59 Å². The summed E-state index contributed by atoms with van der Waals surface area (Å²) >= 11 is 0. The zero-order valence-corrected chi connectivity index (χ0v) is 11.7. The lowest BCUT2D eigenvalue weighted by Gasteiger charge is -2.23. The number of nitrogens with one attached hydrogen (secondary N) is 1. The van der Waals surface area contributed by atoms with Crippen molar-refractivity contribution in [3.05, 3.63) is 29.8 Å². The van der Waals surface area contributed by atoms with Crippen LogP contribution in [0.25, 0.3) is 0 Å². The van der Waals surface area contributed by atoms with Crippen molar-refractivity contribution in [2.75, 3.05) is 5.32 Å². The molecule has 2 N–H and O–H groups in total. The number of fused-ring (bicyclic) bond motifs is 1. The van der Waals surface area contributed by atoms with Crippen LogP contribution >= 0.6 is 0 Å². The maximum Gasteiger partial charge on any atom is 0.335 e. The van der Waals surface area contributed by atoms with Crippen LogP contribution in [0.4, 0.5) is 5.69 Å². The molecule has 6 nitrogen and oxygen atoms in total. The SMILES string of the molecule is O=C(O)c1ccc(NC(=O)[C@@H]2[C@@H]3C[C@@H]4[C@H]2C(=O)O[C@H]4C3)cc1. The van der Waals surface area contributed by atoms with Crippen LogP contribution in [0.5, 0.6) is 0 Å². The molecule has 114 valence electrons. The molecule has 2 bridgehead atoms. The monoisotopic (exact) mass is 301 g/mol. The number of amides is 1. The number of carbonyl (C=O) groups excluding carboxylic acids is 2. The van der Waals surface area contributed by atoms with Crippen LogP contribution in [0, 0.1) is 23.7 Å². The molecule has 6 heteroatoms. The quantitative estimate of drug-likeness (QED) is 0.826. The zero-order chi connectivity index (χ0) is 15.4. The highest BCUT2D eigenvalue weighted by molar-refractivity contribution is 5.97. The molecule has 0 unspecified atom stereocenters. The number of aromatic carboxylic acids is 1. The van der Waals surface area contributed by atoms with Crippen molar-refractivity contribution in [2.45, 2.75) is 18.9 Å². The van der Waals surface area contributed by atoms with Gasteiger partial charge in [0.05, 0.1) is 17.4 Å². The van der Waals surface area contributed by atoms with Gasteiger partial charge >= 0.3 is 11.9 Å². The Balaban J connectivity index is 1.51. The van der Waals surface area contributed by atoms with E-state index in [1.165, 1.54) is 12.1 Å². The fourth-order valence-electron chi connectivity index (χ4n) is 4.28. The number of ether oxygens (including phenoxy) is 1. The first-order valence-electron chi connectivity index (χ1n) is 7.39. The van der Waals surface area contributed by atoms with Gasteiger partial charge in [-0.05, 0) is 43.0 Å². The standard InChI is InChI=1S/C16H15NO5/c18-14(17-9-3-1-7(2-4-9)15(19)20)12-8-5-10-11(6-8)22-16(21)13(10)12/h1-4,8,10-13H,5-6H2,(H,17,18)(H,19,20)/t8-,10+,11+,12-,13-/m1/s1. The van der Waals surface area contributed by atoms with Crippen molar-refractivity contribution in [1.29, 1.82) is 0 Å². The lowest BCUT2D eigenvalue weighted by Crippen LogP contribution is -2.35. The van der Waals surface area contributed by atoms with Crippen LogP contribution in [-0.2, 0) is 14.3 Å². The molecular weight excluding hydrogens is 286 g/mol. The highest BCUT2D eigenvalue weighted by Gasteiger charge is 2.63. The average Bonchev–Trinajstić information content (AvgIpc) is 3.09. The summed E-state index contributed by atoms with van der Waals surface area (Å²) in [6.45, 7) is 0. The van der Waals surface area contributed by atoms with Gasteiger partial charge in [0, 0.05) is 11.6 Å². The Morgan fingerprint density at radius 3 is 2.59 bits per heavy atom. The second-order valence-corrected chi connectivity index (χ2v) is 6.29. The second-order valence-electron chi connectivity index (χ2n) is 6.29. The van der Waals surface area contributed by atoms with E-state index in [-0.39, 0.29) is 47.2 Å². The van der Waals surface area contributed by atoms with Gasteiger partial charge in [-0.15, -0.1) is 0 Å². The van der Waals surface area contributed by atoms with Gasteiger partial charge in [-0.25, -0.2) is 4.79 Å². The Bertz CT molecular complexity index is 666. The second kappa shape index (κ2) is 4.56. The van der Waals surface area contributed by atoms with Gasteiger partial charge in [0.15, 0.2) is 0 Å². The summed E-state index contributed by atoms with van der Waals surface area (Å²) in [5.41, 5.74) is 0.709. The van der Waals surface area contributed by atoms with Crippen LogP contribution in [0.15, 0.2) is 24.3 Å². The first kappa shape index (κ1) is 13.3. The van der Waals surface area contributed by atoms with Crippen molar-refractivity contribution in [2.24, 2.45) is 23.7 Å². The van der Waals surface area contributed by atoms with Crippen molar-refractivity contribution < 1.29 is 24.2 Å². The summed E-state index contributed by atoms with van der Waals surface area (Å²) in [5.74, 6) is -1.63. The van der Waals surface area contributed by atoms with E-state index in [1.54, 1.807) is 12.1 Å². The Morgan fingerprint density at radius 2 is 1.91 bits per heavy atom. The first-order valence-corrected chi connectivity index (χ1v) is 7.39. The molecule has 0 radical (unpaired) electrons. The van der Waals surface area contributed by atoms with Gasteiger partial charge < -0.3 is 15.2 Å². The largest absolute Gasteiger partial charge is 0.478 e. The number of esters is 1. The summed E-state index contributed by atoms with van der Waals surface area (Å²) in [4.78, 5) is 35.2. The van der Waals surface area contributed by atoms with E-state index in [0.717, 1.165) is 12.8 Å². The van der Waals surface area contributed by atoms with Crippen molar-refractivity contribution in [1.82, 2.24) is 0 Å². The Morgan fingerprint density at radius 1 is 1.18 bits per heavy atom. The minimum atomic E-state index is -1.01. The number of anilines is 1. The number of carboxylic acid groups (broad SMARTS) is 1. The van der Waals surface area contributed by atoms with E-state index in [1.807, 2.05) is 0 Å². The van der Waals surface area contributed by atoms with Crippen molar-refractivity contribution >= 4 is 23.5 Å². The minimum absolute atomic E-state index is 0.0152. The van der Waals surface area contributed by atoms with Crippen LogP contribution in [0.1, 0.15) is 23.2 Å². The summed E-state index contributed by atoms with van der Waals surface area (Å²) in [6, 6.07) is 6.01. The summed E-state index contributed by atoms with van der Waals surface area (Å²) in [7, 11) is 0. The topological polar surface area (TPSA) is 92.7 Å². The normalized spacial score (nSPS) is 34.5. The van der Waals surface area contributed by atoms with E-state index in [0.29, 0.717) is 5.69 Å². The number of rotatable bonds is 3. The van der Waals surface area contributed by atoms with E-state index < -0.39 is 5.97 Å². The molecule has 1 aromatic carbocycles. The maximum atomic E-state index is 12.5. The zero-order valence-electron chi connectivity index (χ0n) is 11.7. The maximum absolute atomic E-state index is 12.5. The lowest BCUT2D eigenvalue weighted by atomic mass is 9.79. The van der Waals surface area contributed by atoms with E-state index in [9.17, 15) is 14.4 Å². The molecule has 3 aliphatic rings. The number of carbonyl (C=O) groups is 3. The molecule has 1 amide bonds. The van der Waals surface area contributed by atoms with Crippen LogP contribution in [-0.4, -0.2) is 29.1 Å². The molecule has 2 aliphatic carbocycles. The predicted molar refractivity (Wildman–Crippen MR) is 75.1 cm³/mol. The molecule has 0 spiro atoms. The Labute approximate surface area is 126 Å². The van der Waals surface area contributed by atoms with Crippen molar-refractivity contribution in [3.63, 3.8) is 0 Å². The third kappa shape index (κ3) is 1.83. The average molecular weight is 301 g/mol. The van der Waals surface area contributed by atoms with Gasteiger partial charge in [0.2, 0.25) is 5.91 Å². The molecule has 4 rings (SSSR count). The highest BCUT2D eigenvalue weighted by Crippen LogP contribution is 2.57. The summed E-state index contributed by atoms with van der Waals surface area (Å²) in [6.07, 6.45) is 1.68. The third-order valence-electron chi connectivity index (χ3n) is 5.19. The molecule has 1 saturated heterocycles. The predicted octanol–water partition coefficient (Wildman–Crippen LogP) is 1.52. The van der Waals surface area contributed by atoms with Gasteiger partial charge in [-0.2, -0.15) is 0 Å². The van der Waals surface area contributed by atoms with Crippen LogP contribution in [0.2, 0.25) is 0 Å². The Hall–Kier alpha value is -2.37. The van der Waals surface area contributed by atoms with Crippen LogP contribution < -0.4 is 5.32 Å². The fourth-order valence-corrected chi connectivity index (χ4v) is 4.28. The first-order chi connectivity index (χ1) is 10.5. The number of carboxylic acids is 1. The summed E-state index contributed by atoms with van der Waals surface area (Å²) in [5, 5.41) is 11.7. The molecule has 1 heterocycles. The van der Waals surface area contributed by atoms with Crippen molar-refractivity contribution in [3.8, 4) is 0 Å². The number of hydrogen-bond acceptors (Lipinski definition) is 4. The van der Waals surface area contributed by atoms with Gasteiger partial charge in [-0.1, -0.05) is 0 Å². The molecule has 2 saturated carbocycles. The molecule has 0 aromatic heterocycles. The Kier molecular flexibility index (Phi) is 2.76. The molecule has 22 heavy (non-hydrogen) atoms. The molecule has 5 atom stereocenters. The molecule has 3 fully saturated rings. The van der Waals surface area contributed by atoms with Gasteiger partial charge in [0.25, 0.3) is 0 Å². The third-order valence-corrected chi connectivity index (χ3v) is 5.19. The molecule has 1 aliphatic heterocycles. The summed E-state index contributed by atoms with van der Waals surface area (Å²) < 4.78 is 5.33. The minimum Gasteiger partial charge on any atom is -0.478 e. The number of benzene rings is 1. The van der Waals surface area contributed by atoms with E-state index in [2.05, 4.69) is 5.32 Å². The van der Waals surface area contributed by atoms with Crippen LogP contribution in [0.3, 0.4) is 0 Å².